The maximum absolute atomic E-state index is 12.0. The fourth-order valence-corrected chi connectivity index (χ4v) is 3.17. The summed E-state index contributed by atoms with van der Waals surface area (Å²) in [5.74, 6) is 0. The first-order valence-corrected chi connectivity index (χ1v) is 8.81. The zero-order chi connectivity index (χ0) is 17.9. The molecule has 0 radical (unpaired) electrons. The molecule has 0 bridgehead atoms. The average molecular weight is 379 g/mol. The van der Waals surface area contributed by atoms with Gasteiger partial charge in [0.25, 0.3) is 0 Å². The van der Waals surface area contributed by atoms with E-state index in [2.05, 4.69) is 5.32 Å². The van der Waals surface area contributed by atoms with Crippen LogP contribution in [0.1, 0.15) is 5.56 Å². The maximum Gasteiger partial charge on any atom is 1.00 e. The standard InChI is InChI=1S/C18H15NO5S.Na/c20-18(24-12-13-6-2-1-3-7-13)19-16-10-4-9-15-14(16)8-5-11-17(15)25(21,22)23;/h1-11H,12H2,(H,19,20)(H,21,22,23);/q;+1/p-1. The summed E-state index contributed by atoms with van der Waals surface area (Å²) in [5, 5.41) is 3.27. The van der Waals surface area contributed by atoms with Crippen molar-refractivity contribution in [2.75, 3.05) is 5.32 Å². The van der Waals surface area contributed by atoms with Crippen LogP contribution >= 0.6 is 0 Å². The monoisotopic (exact) mass is 379 g/mol. The molecule has 26 heavy (non-hydrogen) atoms. The normalized spacial score (nSPS) is 10.8. The number of rotatable bonds is 4. The van der Waals surface area contributed by atoms with Gasteiger partial charge in [0.15, 0.2) is 0 Å². The summed E-state index contributed by atoms with van der Waals surface area (Å²) in [6.07, 6.45) is -0.674. The van der Waals surface area contributed by atoms with Gasteiger partial charge in [-0.3, -0.25) is 5.32 Å². The minimum atomic E-state index is -4.61. The number of ether oxygens (including phenoxy) is 1. The summed E-state index contributed by atoms with van der Waals surface area (Å²) in [5.41, 5.74) is 1.20. The van der Waals surface area contributed by atoms with Crippen LogP contribution in [0.25, 0.3) is 10.8 Å². The molecule has 1 amide bonds. The molecule has 0 saturated heterocycles. The van der Waals surface area contributed by atoms with Gasteiger partial charge in [-0.25, -0.2) is 13.2 Å². The van der Waals surface area contributed by atoms with Gasteiger partial charge in [0.2, 0.25) is 0 Å². The van der Waals surface area contributed by atoms with Crippen LogP contribution < -0.4 is 34.9 Å². The molecule has 0 aromatic heterocycles. The fourth-order valence-electron chi connectivity index (χ4n) is 2.48. The second-order valence-corrected chi connectivity index (χ2v) is 6.65. The number of carbonyl (C=O) groups excluding carboxylic acids is 1. The number of amides is 1. The van der Waals surface area contributed by atoms with E-state index in [-0.39, 0.29) is 46.4 Å². The number of fused-ring (bicyclic) bond motifs is 1. The molecule has 8 heteroatoms. The van der Waals surface area contributed by atoms with Crippen LogP contribution in [-0.4, -0.2) is 19.1 Å². The fraction of sp³-hybridized carbons (Fsp3) is 0.0556. The second kappa shape index (κ2) is 8.66. The van der Waals surface area contributed by atoms with Crippen molar-refractivity contribution in [3.8, 4) is 0 Å². The number of hydrogen-bond acceptors (Lipinski definition) is 5. The summed E-state index contributed by atoms with van der Waals surface area (Å²) in [6.45, 7) is 0.109. The number of anilines is 1. The molecule has 1 N–H and O–H groups in total. The van der Waals surface area contributed by atoms with E-state index in [4.69, 9.17) is 4.74 Å². The molecule has 128 valence electrons. The van der Waals surface area contributed by atoms with Crippen LogP contribution in [0.3, 0.4) is 0 Å². The topological polar surface area (TPSA) is 95.5 Å². The van der Waals surface area contributed by atoms with Crippen LogP contribution in [0.5, 0.6) is 0 Å². The smallest absolute Gasteiger partial charge is 0.744 e. The van der Waals surface area contributed by atoms with Crippen LogP contribution in [0.4, 0.5) is 10.5 Å². The largest absolute Gasteiger partial charge is 1.00 e. The molecule has 0 aliphatic heterocycles. The van der Waals surface area contributed by atoms with Crippen molar-refractivity contribution in [2.45, 2.75) is 11.5 Å². The molecule has 0 aliphatic rings. The van der Waals surface area contributed by atoms with Gasteiger partial charge in [0.05, 0.1) is 10.6 Å². The Bertz CT molecular complexity index is 1020. The van der Waals surface area contributed by atoms with E-state index in [0.29, 0.717) is 11.1 Å². The summed E-state index contributed by atoms with van der Waals surface area (Å²) in [7, 11) is -4.61. The van der Waals surface area contributed by atoms with Crippen molar-refractivity contribution in [1.29, 1.82) is 0 Å². The van der Waals surface area contributed by atoms with Gasteiger partial charge in [0, 0.05) is 10.8 Å². The van der Waals surface area contributed by atoms with E-state index in [1.54, 1.807) is 18.2 Å². The second-order valence-electron chi connectivity index (χ2n) is 5.30. The molecule has 0 atom stereocenters. The molecule has 0 spiro atoms. The van der Waals surface area contributed by atoms with Crippen molar-refractivity contribution in [2.24, 2.45) is 0 Å². The Hall–Kier alpha value is -1.90. The Morgan fingerprint density at radius 1 is 0.923 bits per heavy atom. The quantitative estimate of drug-likeness (QED) is 0.526. The first-order valence-electron chi connectivity index (χ1n) is 7.40. The van der Waals surface area contributed by atoms with Gasteiger partial charge >= 0.3 is 35.7 Å². The van der Waals surface area contributed by atoms with Crippen molar-refractivity contribution >= 4 is 32.7 Å². The Morgan fingerprint density at radius 3 is 2.27 bits per heavy atom. The molecule has 0 unspecified atom stereocenters. The Morgan fingerprint density at radius 2 is 1.58 bits per heavy atom. The molecule has 6 nitrogen and oxygen atoms in total. The Labute approximate surface area is 173 Å². The number of benzene rings is 3. The van der Waals surface area contributed by atoms with Crippen LogP contribution in [0, 0.1) is 0 Å². The number of carbonyl (C=O) groups is 1. The van der Waals surface area contributed by atoms with Gasteiger partial charge in [-0.15, -0.1) is 0 Å². The van der Waals surface area contributed by atoms with E-state index in [9.17, 15) is 17.8 Å². The molecule has 3 aromatic carbocycles. The van der Waals surface area contributed by atoms with E-state index in [1.807, 2.05) is 30.3 Å². The van der Waals surface area contributed by atoms with Crippen molar-refractivity contribution in [3.63, 3.8) is 0 Å². The number of nitrogens with one attached hydrogen (secondary N) is 1. The van der Waals surface area contributed by atoms with Crippen LogP contribution in [0.2, 0.25) is 0 Å². The minimum absolute atomic E-state index is 0. The first kappa shape index (κ1) is 20.4. The number of hydrogen-bond donors (Lipinski definition) is 1. The molecule has 0 saturated carbocycles. The van der Waals surface area contributed by atoms with Gasteiger partial charge in [-0.2, -0.15) is 0 Å². The van der Waals surface area contributed by atoms with Gasteiger partial charge < -0.3 is 9.29 Å². The zero-order valence-electron chi connectivity index (χ0n) is 14.0. The van der Waals surface area contributed by atoms with Crippen molar-refractivity contribution < 1.29 is 52.1 Å². The molecule has 0 aliphatic carbocycles. The third kappa shape index (κ3) is 4.84. The summed E-state index contributed by atoms with van der Waals surface area (Å²) in [4.78, 5) is 11.7. The van der Waals surface area contributed by atoms with E-state index >= 15 is 0 Å². The van der Waals surface area contributed by atoms with Crippen molar-refractivity contribution in [1.82, 2.24) is 0 Å². The molecular formula is C18H14NNaO5S. The first-order chi connectivity index (χ1) is 11.9. The Kier molecular flexibility index (Phi) is 6.80. The van der Waals surface area contributed by atoms with Crippen LogP contribution in [0.15, 0.2) is 71.6 Å². The summed E-state index contributed by atoms with van der Waals surface area (Å²) >= 11 is 0. The predicted octanol–water partition coefficient (Wildman–Crippen LogP) is 0.497. The molecule has 3 rings (SSSR count). The summed E-state index contributed by atoms with van der Waals surface area (Å²) < 4.78 is 39.3. The SMILES string of the molecule is O=C(Nc1cccc2c(S(=O)(=O)[O-])cccc12)OCc1ccccc1.[Na+]. The van der Waals surface area contributed by atoms with Gasteiger partial charge in [-0.1, -0.05) is 54.6 Å². The van der Waals surface area contributed by atoms with E-state index in [0.717, 1.165) is 5.56 Å². The maximum atomic E-state index is 12.0. The average Bonchev–Trinajstić information content (AvgIpc) is 2.60. The Balaban J connectivity index is 0.00000243. The van der Waals surface area contributed by atoms with Crippen molar-refractivity contribution in [3.05, 3.63) is 72.3 Å². The predicted molar refractivity (Wildman–Crippen MR) is 92.2 cm³/mol. The minimum Gasteiger partial charge on any atom is -0.744 e. The third-order valence-corrected chi connectivity index (χ3v) is 4.50. The molecule has 0 heterocycles. The van der Waals surface area contributed by atoms with Gasteiger partial charge in [-0.05, 0) is 17.7 Å². The third-order valence-electron chi connectivity index (χ3n) is 3.60. The van der Waals surface area contributed by atoms with E-state index in [1.165, 1.54) is 18.2 Å². The van der Waals surface area contributed by atoms with Crippen LogP contribution in [-0.2, 0) is 21.5 Å². The molecule has 0 fully saturated rings. The summed E-state index contributed by atoms with van der Waals surface area (Å²) in [6, 6.07) is 18.2. The molecular weight excluding hydrogens is 365 g/mol. The molecule has 3 aromatic rings. The van der Waals surface area contributed by atoms with E-state index < -0.39 is 16.2 Å². The van der Waals surface area contributed by atoms with Gasteiger partial charge in [0.1, 0.15) is 16.7 Å². The zero-order valence-corrected chi connectivity index (χ0v) is 16.8.